The third-order valence-corrected chi connectivity index (χ3v) is 6.31. The number of phenols is 1. The number of nitrogens with zero attached hydrogens (tertiary/aromatic N) is 1. The van der Waals surface area contributed by atoms with Gasteiger partial charge in [-0.3, -0.25) is 4.90 Å². The number of ether oxygens (including phenoxy) is 1. The molecule has 4 rings (SSSR count). The molecular weight excluding hydrogens is 346 g/mol. The van der Waals surface area contributed by atoms with Crippen LogP contribution in [0.2, 0.25) is 5.02 Å². The number of phenolic OH excluding ortho intramolecular Hbond substituents is 1. The first-order chi connectivity index (χ1) is 12.5. The van der Waals surface area contributed by atoms with E-state index in [-0.39, 0.29) is 11.7 Å². The molecule has 1 heterocycles. The number of methoxy groups -OCH3 is 1. The van der Waals surface area contributed by atoms with Crippen molar-refractivity contribution in [3.8, 4) is 11.5 Å². The van der Waals surface area contributed by atoms with E-state index in [0.29, 0.717) is 11.1 Å². The number of aromatic hydroxyl groups is 1. The van der Waals surface area contributed by atoms with Crippen molar-refractivity contribution in [1.29, 1.82) is 0 Å². The number of rotatable bonds is 3. The minimum atomic E-state index is 0.180. The maximum Gasteiger partial charge on any atom is 0.134 e. The van der Waals surface area contributed by atoms with Crippen molar-refractivity contribution in [3.05, 3.63) is 57.1 Å². The molecule has 138 valence electrons. The Bertz CT molecular complexity index is 849. The minimum absolute atomic E-state index is 0.180. The highest BCUT2D eigenvalue weighted by molar-refractivity contribution is 6.32. The average Bonchev–Trinajstić information content (AvgIpc) is 2.62. The van der Waals surface area contributed by atoms with Crippen molar-refractivity contribution in [1.82, 2.24) is 4.90 Å². The second-order valence-corrected chi connectivity index (χ2v) is 7.95. The molecule has 4 heteroatoms. The third kappa shape index (κ3) is 2.69. The molecule has 1 aliphatic heterocycles. The summed E-state index contributed by atoms with van der Waals surface area (Å²) in [6.45, 7) is 6.35. The molecule has 0 saturated carbocycles. The lowest BCUT2D eigenvalue weighted by molar-refractivity contribution is 0.139. The van der Waals surface area contributed by atoms with Crippen LogP contribution in [0.5, 0.6) is 11.5 Å². The summed E-state index contributed by atoms with van der Waals surface area (Å²) in [4.78, 5) is 2.60. The summed E-state index contributed by atoms with van der Waals surface area (Å²) in [6.07, 6.45) is 3.26. The molecule has 2 aromatic carbocycles. The first-order valence-corrected chi connectivity index (χ1v) is 9.84. The van der Waals surface area contributed by atoms with Crippen LogP contribution in [0.4, 0.5) is 0 Å². The van der Waals surface area contributed by atoms with Crippen LogP contribution in [0.1, 0.15) is 53.5 Å². The van der Waals surface area contributed by atoms with E-state index in [0.717, 1.165) is 38.1 Å². The van der Waals surface area contributed by atoms with Crippen molar-refractivity contribution >= 4 is 11.6 Å². The number of hydrogen-bond acceptors (Lipinski definition) is 3. The predicted molar refractivity (Wildman–Crippen MR) is 106 cm³/mol. The molecule has 2 aliphatic rings. The summed E-state index contributed by atoms with van der Waals surface area (Å²) in [5.41, 5.74) is 6.29. The Morgan fingerprint density at radius 2 is 2.08 bits per heavy atom. The van der Waals surface area contributed by atoms with Crippen LogP contribution < -0.4 is 4.74 Å². The Labute approximate surface area is 160 Å². The van der Waals surface area contributed by atoms with Gasteiger partial charge in [0.2, 0.25) is 0 Å². The summed E-state index contributed by atoms with van der Waals surface area (Å²) in [7, 11) is 1.76. The van der Waals surface area contributed by atoms with Gasteiger partial charge >= 0.3 is 0 Å². The van der Waals surface area contributed by atoms with Crippen molar-refractivity contribution < 1.29 is 9.84 Å². The zero-order chi connectivity index (χ0) is 18.4. The predicted octanol–water partition coefficient (Wildman–Crippen LogP) is 5.03. The Morgan fingerprint density at radius 1 is 1.27 bits per heavy atom. The van der Waals surface area contributed by atoms with E-state index in [9.17, 15) is 5.11 Å². The van der Waals surface area contributed by atoms with Crippen LogP contribution in [0.3, 0.4) is 0 Å². The van der Waals surface area contributed by atoms with Crippen LogP contribution in [0, 0.1) is 6.92 Å². The average molecular weight is 372 g/mol. The van der Waals surface area contributed by atoms with Crippen LogP contribution in [0.25, 0.3) is 0 Å². The molecule has 1 aliphatic carbocycles. The Kier molecular flexibility index (Phi) is 4.62. The summed E-state index contributed by atoms with van der Waals surface area (Å²) >= 11 is 6.19. The van der Waals surface area contributed by atoms with Gasteiger partial charge in [-0.15, -0.1) is 0 Å². The molecular formula is C22H26ClNO2. The van der Waals surface area contributed by atoms with Gasteiger partial charge in [0, 0.05) is 24.1 Å². The molecule has 2 aromatic rings. The van der Waals surface area contributed by atoms with Gasteiger partial charge in [-0.25, -0.2) is 0 Å². The Hall–Kier alpha value is -1.71. The van der Waals surface area contributed by atoms with Crippen molar-refractivity contribution in [2.45, 2.75) is 51.6 Å². The molecule has 0 fully saturated rings. The van der Waals surface area contributed by atoms with Gasteiger partial charge in [0.25, 0.3) is 0 Å². The molecule has 0 aromatic heterocycles. The third-order valence-electron chi connectivity index (χ3n) is 6.01. The first-order valence-electron chi connectivity index (χ1n) is 9.46. The van der Waals surface area contributed by atoms with Crippen LogP contribution in [-0.4, -0.2) is 29.7 Å². The fraction of sp³-hybridized carbons (Fsp3) is 0.455. The summed E-state index contributed by atoms with van der Waals surface area (Å²) < 4.78 is 5.78. The second kappa shape index (κ2) is 6.79. The van der Waals surface area contributed by atoms with Gasteiger partial charge in [0.1, 0.15) is 11.5 Å². The molecule has 0 bridgehead atoms. The monoisotopic (exact) mass is 371 g/mol. The highest BCUT2D eigenvalue weighted by atomic mass is 35.5. The lowest BCUT2D eigenvalue weighted by Crippen LogP contribution is -2.46. The second-order valence-electron chi connectivity index (χ2n) is 7.54. The molecule has 0 saturated heterocycles. The van der Waals surface area contributed by atoms with E-state index in [2.05, 4.69) is 30.9 Å². The molecule has 0 amide bonds. The Morgan fingerprint density at radius 3 is 2.81 bits per heavy atom. The summed E-state index contributed by atoms with van der Waals surface area (Å²) in [5, 5.41) is 10.7. The molecule has 3 nitrogen and oxygen atoms in total. The van der Waals surface area contributed by atoms with E-state index in [1.54, 1.807) is 7.11 Å². The zero-order valence-electron chi connectivity index (χ0n) is 15.7. The van der Waals surface area contributed by atoms with Crippen LogP contribution in [0.15, 0.2) is 24.3 Å². The smallest absolute Gasteiger partial charge is 0.134 e. The molecule has 0 spiro atoms. The molecule has 2 unspecified atom stereocenters. The standard InChI is InChI=1S/C22H26ClNO2/c1-4-9-24-12-17-15(7-5-13(2)22(17)26-3)21-16-11-20(25)18(23)10-14(16)6-8-19(21)24/h5,7,10-11,19,21,25H,4,6,8-9,12H2,1-3H3. The van der Waals surface area contributed by atoms with E-state index in [1.165, 1.54) is 27.8 Å². The molecule has 26 heavy (non-hydrogen) atoms. The number of halogens is 1. The molecule has 1 N–H and O–H groups in total. The highest BCUT2D eigenvalue weighted by Crippen LogP contribution is 2.48. The van der Waals surface area contributed by atoms with E-state index >= 15 is 0 Å². The maximum absolute atomic E-state index is 10.3. The summed E-state index contributed by atoms with van der Waals surface area (Å²) in [6, 6.07) is 8.72. The number of hydrogen-bond donors (Lipinski definition) is 1. The fourth-order valence-electron chi connectivity index (χ4n) is 4.92. The normalized spacial score (nSPS) is 21.7. The van der Waals surface area contributed by atoms with E-state index in [4.69, 9.17) is 16.3 Å². The van der Waals surface area contributed by atoms with Gasteiger partial charge in [0.05, 0.1) is 12.1 Å². The quantitative estimate of drug-likeness (QED) is 0.820. The van der Waals surface area contributed by atoms with E-state index < -0.39 is 0 Å². The molecule has 0 radical (unpaired) electrons. The summed E-state index contributed by atoms with van der Waals surface area (Å²) in [5.74, 6) is 1.44. The van der Waals surface area contributed by atoms with Gasteiger partial charge < -0.3 is 9.84 Å². The number of benzene rings is 2. The van der Waals surface area contributed by atoms with Crippen LogP contribution >= 0.6 is 11.6 Å². The van der Waals surface area contributed by atoms with E-state index in [1.807, 2.05) is 12.1 Å². The topological polar surface area (TPSA) is 32.7 Å². The first kappa shape index (κ1) is 17.7. The zero-order valence-corrected chi connectivity index (χ0v) is 16.4. The van der Waals surface area contributed by atoms with Gasteiger partial charge in [-0.1, -0.05) is 30.7 Å². The fourth-order valence-corrected chi connectivity index (χ4v) is 5.11. The SMILES string of the molecule is CCCN1Cc2c(ccc(C)c2OC)C2c3cc(O)c(Cl)cc3CCC21. The highest BCUT2D eigenvalue weighted by Gasteiger charge is 2.40. The lowest BCUT2D eigenvalue weighted by Gasteiger charge is -2.46. The largest absolute Gasteiger partial charge is 0.506 e. The van der Waals surface area contributed by atoms with Gasteiger partial charge in [-0.2, -0.15) is 0 Å². The number of fused-ring (bicyclic) bond motifs is 5. The minimum Gasteiger partial charge on any atom is -0.506 e. The van der Waals surface area contributed by atoms with Gasteiger partial charge in [0.15, 0.2) is 0 Å². The molecule has 2 atom stereocenters. The lowest BCUT2D eigenvalue weighted by atomic mass is 9.71. The number of aryl methyl sites for hydroxylation is 2. The Balaban J connectivity index is 1.93. The van der Waals surface area contributed by atoms with Crippen LogP contribution in [-0.2, 0) is 13.0 Å². The van der Waals surface area contributed by atoms with Crippen molar-refractivity contribution in [2.24, 2.45) is 0 Å². The maximum atomic E-state index is 10.3. The van der Waals surface area contributed by atoms with Gasteiger partial charge in [-0.05, 0) is 67.1 Å². The van der Waals surface area contributed by atoms with Crippen molar-refractivity contribution in [3.63, 3.8) is 0 Å². The van der Waals surface area contributed by atoms with Crippen molar-refractivity contribution in [2.75, 3.05) is 13.7 Å².